The molecular weight excluding hydrogens is 212 g/mol. The van der Waals surface area contributed by atoms with E-state index >= 15 is 0 Å². The van der Waals surface area contributed by atoms with Gasteiger partial charge in [0, 0.05) is 0 Å². The Kier molecular flexibility index (Phi) is 12.3. The lowest BCUT2D eigenvalue weighted by Gasteiger charge is -2.11. The smallest absolute Gasteiger partial charge is 0.0540 e. The van der Waals surface area contributed by atoms with Crippen LogP contribution in [0.15, 0.2) is 0 Å². The SMILES string of the molecule is CCCCCCC(O)CCCCC[C@@H](O)CC. The summed E-state index contributed by atoms with van der Waals surface area (Å²) in [5, 5.41) is 19.1. The second-order valence-electron chi connectivity index (χ2n) is 5.20. The predicted octanol–water partition coefficient (Wildman–Crippen LogP) is 4.04. The quantitative estimate of drug-likeness (QED) is 0.509. The van der Waals surface area contributed by atoms with Gasteiger partial charge in [-0.3, -0.25) is 0 Å². The van der Waals surface area contributed by atoms with E-state index < -0.39 is 0 Å². The van der Waals surface area contributed by atoms with Gasteiger partial charge < -0.3 is 10.2 Å². The molecule has 0 heterocycles. The summed E-state index contributed by atoms with van der Waals surface area (Å²) < 4.78 is 0. The van der Waals surface area contributed by atoms with Crippen LogP contribution in [-0.2, 0) is 0 Å². The molecule has 0 radical (unpaired) electrons. The highest BCUT2D eigenvalue weighted by Crippen LogP contribution is 2.13. The van der Waals surface area contributed by atoms with Crippen molar-refractivity contribution in [3.63, 3.8) is 0 Å². The Morgan fingerprint density at radius 1 is 0.647 bits per heavy atom. The number of hydrogen-bond donors (Lipinski definition) is 2. The van der Waals surface area contributed by atoms with Crippen molar-refractivity contribution < 1.29 is 10.2 Å². The summed E-state index contributed by atoms with van der Waals surface area (Å²) in [7, 11) is 0. The first-order valence-electron chi connectivity index (χ1n) is 7.56. The summed E-state index contributed by atoms with van der Waals surface area (Å²) in [4.78, 5) is 0. The Morgan fingerprint density at radius 3 is 1.59 bits per heavy atom. The Morgan fingerprint density at radius 2 is 1.12 bits per heavy atom. The van der Waals surface area contributed by atoms with Crippen LogP contribution in [0.1, 0.15) is 84.5 Å². The molecule has 2 nitrogen and oxygen atoms in total. The number of aliphatic hydroxyl groups is 2. The number of unbranched alkanes of at least 4 members (excludes halogenated alkanes) is 5. The first-order chi connectivity index (χ1) is 8.20. The molecule has 0 rings (SSSR count). The van der Waals surface area contributed by atoms with Crippen LogP contribution in [0.25, 0.3) is 0 Å². The fraction of sp³-hybridized carbons (Fsp3) is 1.00. The molecule has 17 heavy (non-hydrogen) atoms. The molecule has 0 spiro atoms. The zero-order chi connectivity index (χ0) is 12.9. The highest BCUT2D eigenvalue weighted by molar-refractivity contribution is 4.58. The van der Waals surface area contributed by atoms with Crippen molar-refractivity contribution in [2.45, 2.75) is 96.7 Å². The Labute approximate surface area is 107 Å². The standard InChI is InChI=1S/C15H32O2/c1-3-5-6-8-12-15(17)13-10-7-9-11-14(16)4-2/h14-17H,3-13H2,1-2H3/t14-,15?/m0/s1. The van der Waals surface area contributed by atoms with Gasteiger partial charge >= 0.3 is 0 Å². The van der Waals surface area contributed by atoms with Gasteiger partial charge in [-0.1, -0.05) is 58.8 Å². The summed E-state index contributed by atoms with van der Waals surface area (Å²) >= 11 is 0. The molecule has 0 aliphatic carbocycles. The van der Waals surface area contributed by atoms with Gasteiger partial charge in [0.15, 0.2) is 0 Å². The van der Waals surface area contributed by atoms with Gasteiger partial charge in [0.2, 0.25) is 0 Å². The van der Waals surface area contributed by atoms with Crippen LogP contribution in [0.4, 0.5) is 0 Å². The summed E-state index contributed by atoms with van der Waals surface area (Å²) in [6.45, 7) is 4.23. The average Bonchev–Trinajstić information content (AvgIpc) is 2.34. The van der Waals surface area contributed by atoms with E-state index in [4.69, 9.17) is 0 Å². The molecule has 2 atom stereocenters. The maximum absolute atomic E-state index is 9.75. The van der Waals surface area contributed by atoms with Crippen LogP contribution in [0, 0.1) is 0 Å². The van der Waals surface area contributed by atoms with Crippen molar-refractivity contribution in [2.24, 2.45) is 0 Å². The monoisotopic (exact) mass is 244 g/mol. The van der Waals surface area contributed by atoms with Crippen LogP contribution < -0.4 is 0 Å². The van der Waals surface area contributed by atoms with E-state index in [0.717, 1.165) is 44.9 Å². The molecule has 0 fully saturated rings. The zero-order valence-electron chi connectivity index (χ0n) is 11.8. The molecule has 0 aromatic heterocycles. The Bertz CT molecular complexity index is 148. The molecule has 2 heteroatoms. The molecule has 0 aromatic rings. The molecule has 0 amide bonds. The van der Waals surface area contributed by atoms with E-state index in [1.807, 2.05) is 6.92 Å². The van der Waals surface area contributed by atoms with Crippen LogP contribution in [0.2, 0.25) is 0 Å². The molecule has 1 unspecified atom stereocenters. The van der Waals surface area contributed by atoms with E-state index in [-0.39, 0.29) is 12.2 Å². The summed E-state index contributed by atoms with van der Waals surface area (Å²) in [5.41, 5.74) is 0. The fourth-order valence-electron chi connectivity index (χ4n) is 2.09. The van der Waals surface area contributed by atoms with Crippen LogP contribution in [0.3, 0.4) is 0 Å². The lowest BCUT2D eigenvalue weighted by atomic mass is 10.0. The van der Waals surface area contributed by atoms with Crippen molar-refractivity contribution in [1.82, 2.24) is 0 Å². The molecule has 0 aliphatic rings. The lowest BCUT2D eigenvalue weighted by Crippen LogP contribution is -2.07. The van der Waals surface area contributed by atoms with Crippen molar-refractivity contribution in [3.05, 3.63) is 0 Å². The maximum atomic E-state index is 9.75. The van der Waals surface area contributed by atoms with E-state index in [0.29, 0.717) is 0 Å². The maximum Gasteiger partial charge on any atom is 0.0540 e. The van der Waals surface area contributed by atoms with Gasteiger partial charge in [0.05, 0.1) is 12.2 Å². The molecule has 0 aromatic carbocycles. The number of aliphatic hydroxyl groups excluding tert-OH is 2. The van der Waals surface area contributed by atoms with Gasteiger partial charge in [0.1, 0.15) is 0 Å². The Hall–Kier alpha value is -0.0800. The minimum absolute atomic E-state index is 0.0945. The molecule has 0 bridgehead atoms. The highest BCUT2D eigenvalue weighted by Gasteiger charge is 2.04. The molecule has 0 saturated carbocycles. The minimum atomic E-state index is -0.117. The van der Waals surface area contributed by atoms with Gasteiger partial charge in [-0.2, -0.15) is 0 Å². The summed E-state index contributed by atoms with van der Waals surface area (Å²) in [6.07, 6.45) is 11.8. The van der Waals surface area contributed by atoms with Gasteiger partial charge in [0.25, 0.3) is 0 Å². The van der Waals surface area contributed by atoms with Crippen molar-refractivity contribution in [2.75, 3.05) is 0 Å². The minimum Gasteiger partial charge on any atom is -0.393 e. The third kappa shape index (κ3) is 12.2. The average molecular weight is 244 g/mol. The van der Waals surface area contributed by atoms with Gasteiger partial charge in [-0.15, -0.1) is 0 Å². The molecule has 104 valence electrons. The first-order valence-corrected chi connectivity index (χ1v) is 7.56. The highest BCUT2D eigenvalue weighted by atomic mass is 16.3. The number of hydrogen-bond acceptors (Lipinski definition) is 2. The van der Waals surface area contributed by atoms with Crippen molar-refractivity contribution in [1.29, 1.82) is 0 Å². The van der Waals surface area contributed by atoms with Crippen LogP contribution >= 0.6 is 0 Å². The topological polar surface area (TPSA) is 40.5 Å². The van der Waals surface area contributed by atoms with E-state index in [1.165, 1.54) is 25.7 Å². The van der Waals surface area contributed by atoms with Crippen LogP contribution in [-0.4, -0.2) is 22.4 Å². The van der Waals surface area contributed by atoms with Crippen molar-refractivity contribution in [3.8, 4) is 0 Å². The normalized spacial score (nSPS) is 14.8. The fourth-order valence-corrected chi connectivity index (χ4v) is 2.09. The number of rotatable bonds is 12. The molecule has 0 aliphatic heterocycles. The van der Waals surface area contributed by atoms with E-state index in [2.05, 4.69) is 6.92 Å². The molecule has 0 saturated heterocycles. The molecular formula is C15H32O2. The predicted molar refractivity (Wildman–Crippen MR) is 74.1 cm³/mol. The second kappa shape index (κ2) is 12.4. The van der Waals surface area contributed by atoms with Gasteiger partial charge in [-0.05, 0) is 25.7 Å². The Balaban J connectivity index is 3.18. The van der Waals surface area contributed by atoms with Crippen molar-refractivity contribution >= 4 is 0 Å². The third-order valence-electron chi connectivity index (χ3n) is 3.44. The van der Waals surface area contributed by atoms with E-state index in [9.17, 15) is 10.2 Å². The third-order valence-corrected chi connectivity index (χ3v) is 3.44. The summed E-state index contributed by atoms with van der Waals surface area (Å²) in [6, 6.07) is 0. The zero-order valence-corrected chi connectivity index (χ0v) is 11.8. The van der Waals surface area contributed by atoms with Crippen LogP contribution in [0.5, 0.6) is 0 Å². The molecule has 2 N–H and O–H groups in total. The second-order valence-corrected chi connectivity index (χ2v) is 5.20. The van der Waals surface area contributed by atoms with Gasteiger partial charge in [-0.25, -0.2) is 0 Å². The summed E-state index contributed by atoms with van der Waals surface area (Å²) in [5.74, 6) is 0. The lowest BCUT2D eigenvalue weighted by molar-refractivity contribution is 0.142. The van der Waals surface area contributed by atoms with E-state index in [1.54, 1.807) is 0 Å². The first kappa shape index (κ1) is 16.9. The largest absolute Gasteiger partial charge is 0.393 e.